The number of halogens is 1. The normalized spacial score (nSPS) is 28.5. The molecule has 14 heavy (non-hydrogen) atoms. The van der Waals surface area contributed by atoms with E-state index in [9.17, 15) is 0 Å². The van der Waals surface area contributed by atoms with Gasteiger partial charge >= 0.3 is 0 Å². The smallest absolute Gasteiger partial charge is 0.108 e. The van der Waals surface area contributed by atoms with Crippen molar-refractivity contribution >= 4 is 27.3 Å². The van der Waals surface area contributed by atoms with Crippen LogP contribution in [-0.2, 0) is 6.54 Å². The highest BCUT2D eigenvalue weighted by Gasteiger charge is 2.26. The second-order valence-corrected chi connectivity index (χ2v) is 6.39. The minimum atomic E-state index is 0.332. The van der Waals surface area contributed by atoms with Crippen molar-refractivity contribution in [3.63, 3.8) is 0 Å². The number of nitrogens with two attached hydrogens (primary N) is 1. The van der Waals surface area contributed by atoms with Gasteiger partial charge in [0.25, 0.3) is 0 Å². The predicted octanol–water partition coefficient (Wildman–Crippen LogP) is 1.68. The Morgan fingerprint density at radius 1 is 1.71 bits per heavy atom. The van der Waals surface area contributed by atoms with E-state index >= 15 is 0 Å². The fraction of sp³-hybridized carbons (Fsp3) is 0.667. The van der Waals surface area contributed by atoms with E-state index in [2.05, 4.69) is 32.7 Å². The van der Waals surface area contributed by atoms with Crippen LogP contribution in [0, 0.1) is 5.92 Å². The Morgan fingerprint density at radius 3 is 3.00 bits per heavy atom. The van der Waals surface area contributed by atoms with E-state index in [4.69, 9.17) is 5.73 Å². The number of hydrogen-bond acceptors (Lipinski definition) is 4. The molecule has 0 radical (unpaired) electrons. The van der Waals surface area contributed by atoms with Crippen molar-refractivity contribution in [1.82, 2.24) is 9.88 Å². The molecular formula is C9H14BrN3S. The molecule has 2 N–H and O–H groups in total. The summed E-state index contributed by atoms with van der Waals surface area (Å²) in [5.41, 5.74) is 5.96. The molecule has 78 valence electrons. The van der Waals surface area contributed by atoms with Crippen molar-refractivity contribution in [1.29, 1.82) is 0 Å². The Labute approximate surface area is 96.4 Å². The molecule has 1 aromatic rings. The molecule has 0 saturated carbocycles. The highest BCUT2D eigenvalue weighted by Crippen LogP contribution is 2.22. The number of likely N-dealkylation sites (tertiary alicyclic amines) is 1. The Morgan fingerprint density at radius 2 is 2.50 bits per heavy atom. The highest BCUT2D eigenvalue weighted by molar-refractivity contribution is 9.11. The summed E-state index contributed by atoms with van der Waals surface area (Å²) < 4.78 is 1.10. The quantitative estimate of drug-likeness (QED) is 0.893. The van der Waals surface area contributed by atoms with Crippen molar-refractivity contribution in [3.8, 4) is 0 Å². The highest BCUT2D eigenvalue weighted by atomic mass is 79.9. The molecule has 2 atom stereocenters. The van der Waals surface area contributed by atoms with Gasteiger partial charge in [0.2, 0.25) is 0 Å². The molecule has 2 heterocycles. The van der Waals surface area contributed by atoms with Crippen LogP contribution in [0.5, 0.6) is 0 Å². The average Bonchev–Trinajstić information content (AvgIpc) is 2.62. The zero-order valence-electron chi connectivity index (χ0n) is 8.11. The van der Waals surface area contributed by atoms with Crippen LogP contribution in [0.1, 0.15) is 11.9 Å². The van der Waals surface area contributed by atoms with Gasteiger partial charge in [0.15, 0.2) is 0 Å². The molecule has 1 aliphatic heterocycles. The van der Waals surface area contributed by atoms with E-state index in [-0.39, 0.29) is 0 Å². The lowest BCUT2D eigenvalue weighted by Crippen LogP contribution is -2.28. The summed E-state index contributed by atoms with van der Waals surface area (Å²) in [4.78, 5) is 6.69. The molecule has 0 bridgehead atoms. The second-order valence-electron chi connectivity index (χ2n) is 3.89. The molecule has 0 spiro atoms. The third-order valence-corrected chi connectivity index (χ3v) is 4.09. The minimum absolute atomic E-state index is 0.332. The van der Waals surface area contributed by atoms with Gasteiger partial charge in [0, 0.05) is 19.1 Å². The van der Waals surface area contributed by atoms with E-state index in [1.54, 1.807) is 11.3 Å². The van der Waals surface area contributed by atoms with Crippen molar-refractivity contribution in [2.45, 2.75) is 19.5 Å². The summed E-state index contributed by atoms with van der Waals surface area (Å²) >= 11 is 5.12. The largest absolute Gasteiger partial charge is 0.326 e. The summed E-state index contributed by atoms with van der Waals surface area (Å²) in [6, 6.07) is 0.332. The van der Waals surface area contributed by atoms with Crippen molar-refractivity contribution < 1.29 is 0 Å². The zero-order valence-corrected chi connectivity index (χ0v) is 10.5. The van der Waals surface area contributed by atoms with Gasteiger partial charge in [-0.1, -0.05) is 6.92 Å². The van der Waals surface area contributed by atoms with Gasteiger partial charge in [-0.05, 0) is 21.8 Å². The Hall–Kier alpha value is 0.0300. The first-order valence-corrected chi connectivity index (χ1v) is 6.34. The monoisotopic (exact) mass is 275 g/mol. The van der Waals surface area contributed by atoms with Crippen molar-refractivity contribution in [2.24, 2.45) is 11.7 Å². The van der Waals surface area contributed by atoms with Crippen LogP contribution in [0.4, 0.5) is 0 Å². The zero-order chi connectivity index (χ0) is 10.1. The van der Waals surface area contributed by atoms with Gasteiger partial charge in [-0.2, -0.15) is 0 Å². The summed E-state index contributed by atoms with van der Waals surface area (Å²) in [7, 11) is 0. The van der Waals surface area contributed by atoms with Gasteiger partial charge in [0.1, 0.15) is 5.01 Å². The summed E-state index contributed by atoms with van der Waals surface area (Å²) in [6.45, 7) is 5.24. The fourth-order valence-corrected chi connectivity index (χ4v) is 3.12. The number of aromatic nitrogens is 1. The maximum absolute atomic E-state index is 5.96. The lowest BCUT2D eigenvalue weighted by atomic mass is 10.1. The van der Waals surface area contributed by atoms with Crippen LogP contribution in [0.25, 0.3) is 0 Å². The van der Waals surface area contributed by atoms with Crippen LogP contribution < -0.4 is 5.73 Å². The van der Waals surface area contributed by atoms with Crippen molar-refractivity contribution in [2.75, 3.05) is 13.1 Å². The summed E-state index contributed by atoms with van der Waals surface area (Å²) in [5, 5.41) is 1.16. The Kier molecular flexibility index (Phi) is 3.21. The molecule has 2 rings (SSSR count). The van der Waals surface area contributed by atoms with Gasteiger partial charge in [-0.15, -0.1) is 11.3 Å². The number of hydrogen-bond donors (Lipinski definition) is 1. The Balaban J connectivity index is 1.93. The topological polar surface area (TPSA) is 42.2 Å². The summed E-state index contributed by atoms with van der Waals surface area (Å²) in [6.07, 6.45) is 1.86. The molecule has 1 aromatic heterocycles. The van der Waals surface area contributed by atoms with Gasteiger partial charge in [-0.3, -0.25) is 4.90 Å². The van der Waals surface area contributed by atoms with Crippen LogP contribution in [0.3, 0.4) is 0 Å². The van der Waals surface area contributed by atoms with E-state index in [1.807, 2.05) is 6.20 Å². The second kappa shape index (κ2) is 4.26. The number of thiazole rings is 1. The average molecular weight is 276 g/mol. The van der Waals surface area contributed by atoms with E-state index in [0.29, 0.717) is 12.0 Å². The SMILES string of the molecule is CC1CN(Cc2ncc(Br)s2)CC1N. The van der Waals surface area contributed by atoms with Crippen LogP contribution in [-0.4, -0.2) is 29.0 Å². The van der Waals surface area contributed by atoms with Crippen molar-refractivity contribution in [3.05, 3.63) is 15.0 Å². The minimum Gasteiger partial charge on any atom is -0.326 e. The number of nitrogens with zero attached hydrogens (tertiary/aromatic N) is 2. The first kappa shape index (κ1) is 10.5. The third kappa shape index (κ3) is 2.34. The fourth-order valence-electron chi connectivity index (χ4n) is 1.78. The predicted molar refractivity (Wildman–Crippen MR) is 62.2 cm³/mol. The molecule has 0 amide bonds. The first-order chi connectivity index (χ1) is 6.65. The molecule has 3 nitrogen and oxygen atoms in total. The molecule has 1 aliphatic rings. The van der Waals surface area contributed by atoms with Gasteiger partial charge in [0.05, 0.1) is 16.5 Å². The molecule has 1 fully saturated rings. The van der Waals surface area contributed by atoms with E-state index in [0.717, 1.165) is 28.4 Å². The van der Waals surface area contributed by atoms with E-state index < -0.39 is 0 Å². The van der Waals surface area contributed by atoms with E-state index in [1.165, 1.54) is 0 Å². The molecule has 1 saturated heterocycles. The van der Waals surface area contributed by atoms with Crippen LogP contribution in [0.15, 0.2) is 9.98 Å². The molecule has 0 aliphatic carbocycles. The molecule has 5 heteroatoms. The maximum atomic E-state index is 5.96. The molecule has 2 unspecified atom stereocenters. The first-order valence-electron chi connectivity index (χ1n) is 4.73. The Bertz CT molecular complexity index is 305. The standard InChI is InChI=1S/C9H14BrN3S/c1-6-3-13(4-7(6)11)5-9-12-2-8(10)14-9/h2,6-7H,3-5,11H2,1H3. The summed E-state index contributed by atoms with van der Waals surface area (Å²) in [5.74, 6) is 0.610. The molecular weight excluding hydrogens is 262 g/mol. The maximum Gasteiger partial charge on any atom is 0.108 e. The number of rotatable bonds is 2. The third-order valence-electron chi connectivity index (χ3n) is 2.63. The molecule has 0 aromatic carbocycles. The van der Waals surface area contributed by atoms with Crippen LogP contribution >= 0.6 is 27.3 Å². The van der Waals surface area contributed by atoms with Gasteiger partial charge < -0.3 is 5.73 Å². The van der Waals surface area contributed by atoms with Crippen LogP contribution in [0.2, 0.25) is 0 Å². The lowest BCUT2D eigenvalue weighted by Gasteiger charge is -2.12. The lowest BCUT2D eigenvalue weighted by molar-refractivity contribution is 0.318. The van der Waals surface area contributed by atoms with Gasteiger partial charge in [-0.25, -0.2) is 4.98 Å².